The highest BCUT2D eigenvalue weighted by Gasteiger charge is 2.14. The Morgan fingerprint density at radius 1 is 1.39 bits per heavy atom. The fourth-order valence-corrected chi connectivity index (χ4v) is 2.03. The summed E-state index contributed by atoms with van der Waals surface area (Å²) in [5.74, 6) is 0. The monoisotopic (exact) mass is 265 g/mol. The molecule has 2 rings (SSSR count). The molecule has 1 aromatic heterocycles. The molecule has 0 aliphatic carbocycles. The average Bonchev–Trinajstić information content (AvgIpc) is 2.76. The molecule has 94 valence electrons. The molecule has 2 N–H and O–H groups in total. The molecule has 0 saturated heterocycles. The van der Waals surface area contributed by atoms with Crippen LogP contribution in [0.1, 0.15) is 11.3 Å². The van der Waals surface area contributed by atoms with E-state index in [1.807, 2.05) is 22.9 Å². The Bertz CT molecular complexity index is 580. The molecule has 1 heterocycles. The number of aromatic nitrogens is 1. The van der Waals surface area contributed by atoms with Gasteiger partial charge in [-0.15, -0.1) is 0 Å². The van der Waals surface area contributed by atoms with Gasteiger partial charge in [0.2, 0.25) is 0 Å². The summed E-state index contributed by atoms with van der Waals surface area (Å²) in [5.41, 5.74) is 7.15. The molecule has 0 fully saturated rings. The van der Waals surface area contributed by atoms with Crippen molar-refractivity contribution in [1.29, 1.82) is 0 Å². The van der Waals surface area contributed by atoms with Crippen LogP contribution in [0.25, 0.3) is 0 Å². The second-order valence-electron chi connectivity index (χ2n) is 3.86. The maximum atomic E-state index is 10.9. The van der Waals surface area contributed by atoms with Gasteiger partial charge >= 0.3 is 0 Å². The first-order valence-corrected chi connectivity index (χ1v) is 5.76. The summed E-state index contributed by atoms with van der Waals surface area (Å²) in [6, 6.07) is 8.29. The van der Waals surface area contributed by atoms with Gasteiger partial charge in [0.1, 0.15) is 0 Å². The van der Waals surface area contributed by atoms with E-state index in [1.54, 1.807) is 6.07 Å². The van der Waals surface area contributed by atoms with E-state index < -0.39 is 4.92 Å². The molecule has 0 aliphatic heterocycles. The molecule has 0 radical (unpaired) electrons. The third-order valence-corrected chi connectivity index (χ3v) is 2.95. The summed E-state index contributed by atoms with van der Waals surface area (Å²) in [4.78, 5) is 10.5. The number of rotatable bonds is 4. The number of benzene rings is 1. The van der Waals surface area contributed by atoms with Gasteiger partial charge in [-0.1, -0.05) is 11.6 Å². The van der Waals surface area contributed by atoms with Crippen molar-refractivity contribution in [2.75, 3.05) is 0 Å². The highest BCUT2D eigenvalue weighted by atomic mass is 35.5. The summed E-state index contributed by atoms with van der Waals surface area (Å²) >= 11 is 5.88. The Morgan fingerprint density at radius 2 is 2.17 bits per heavy atom. The molecule has 1 aromatic carbocycles. The summed E-state index contributed by atoms with van der Waals surface area (Å²) in [6.45, 7) is 0.776. The van der Waals surface area contributed by atoms with Crippen LogP contribution in [0.2, 0.25) is 5.02 Å². The largest absolute Gasteiger partial charge is 0.346 e. The molecule has 0 saturated carbocycles. The number of halogens is 1. The van der Waals surface area contributed by atoms with Crippen molar-refractivity contribution in [3.05, 3.63) is 62.9 Å². The molecule has 0 atom stereocenters. The molecule has 6 heteroatoms. The van der Waals surface area contributed by atoms with Gasteiger partial charge in [0.25, 0.3) is 5.69 Å². The molecule has 0 bridgehead atoms. The van der Waals surface area contributed by atoms with Crippen LogP contribution in [0.4, 0.5) is 5.69 Å². The summed E-state index contributed by atoms with van der Waals surface area (Å²) in [5, 5.41) is 11.4. The van der Waals surface area contributed by atoms with Crippen LogP contribution in [0.3, 0.4) is 0 Å². The van der Waals surface area contributed by atoms with E-state index in [2.05, 4.69) is 0 Å². The maximum absolute atomic E-state index is 10.9. The highest BCUT2D eigenvalue weighted by Crippen LogP contribution is 2.24. The first kappa shape index (κ1) is 12.6. The number of nitro benzene ring substituents is 1. The minimum Gasteiger partial charge on any atom is -0.346 e. The van der Waals surface area contributed by atoms with Gasteiger partial charge in [0.05, 0.1) is 17.0 Å². The molecular formula is C12H12ClN3O2. The Morgan fingerprint density at radius 3 is 2.83 bits per heavy atom. The van der Waals surface area contributed by atoms with Crippen LogP contribution in [0.5, 0.6) is 0 Å². The lowest BCUT2D eigenvalue weighted by Crippen LogP contribution is -2.08. The third kappa shape index (κ3) is 2.52. The molecule has 0 unspecified atom stereocenters. The summed E-state index contributed by atoms with van der Waals surface area (Å²) in [6.07, 6.45) is 1.84. The molecule has 2 aromatic rings. The minimum atomic E-state index is -0.405. The lowest BCUT2D eigenvalue weighted by atomic mass is 10.2. The van der Waals surface area contributed by atoms with Gasteiger partial charge in [-0.25, -0.2) is 0 Å². The third-order valence-electron chi connectivity index (χ3n) is 2.71. The van der Waals surface area contributed by atoms with Crippen LogP contribution < -0.4 is 5.73 Å². The van der Waals surface area contributed by atoms with Gasteiger partial charge in [-0.3, -0.25) is 10.1 Å². The van der Waals surface area contributed by atoms with Crippen molar-refractivity contribution >= 4 is 17.3 Å². The predicted octanol–water partition coefficient (Wildman–Crippen LogP) is 2.56. The minimum absolute atomic E-state index is 0.0658. The molecule has 0 amide bonds. The lowest BCUT2D eigenvalue weighted by molar-refractivity contribution is -0.385. The quantitative estimate of drug-likeness (QED) is 0.682. The van der Waals surface area contributed by atoms with Crippen molar-refractivity contribution in [1.82, 2.24) is 4.57 Å². The van der Waals surface area contributed by atoms with Crippen molar-refractivity contribution in [2.24, 2.45) is 5.73 Å². The van der Waals surface area contributed by atoms with Crippen LogP contribution in [0, 0.1) is 10.1 Å². The molecule has 0 aliphatic rings. The van der Waals surface area contributed by atoms with E-state index in [0.29, 0.717) is 23.7 Å². The predicted molar refractivity (Wildman–Crippen MR) is 69.5 cm³/mol. The highest BCUT2D eigenvalue weighted by molar-refractivity contribution is 6.30. The topological polar surface area (TPSA) is 74.1 Å². The fourth-order valence-electron chi connectivity index (χ4n) is 1.83. The van der Waals surface area contributed by atoms with Crippen LogP contribution in [0.15, 0.2) is 36.5 Å². The molecular weight excluding hydrogens is 254 g/mol. The van der Waals surface area contributed by atoms with Crippen molar-refractivity contribution < 1.29 is 4.92 Å². The van der Waals surface area contributed by atoms with E-state index in [9.17, 15) is 10.1 Å². The van der Waals surface area contributed by atoms with Crippen molar-refractivity contribution in [2.45, 2.75) is 13.1 Å². The first-order valence-electron chi connectivity index (χ1n) is 5.38. The zero-order valence-electron chi connectivity index (χ0n) is 9.54. The van der Waals surface area contributed by atoms with Crippen LogP contribution >= 0.6 is 11.6 Å². The zero-order chi connectivity index (χ0) is 13.1. The van der Waals surface area contributed by atoms with Gasteiger partial charge < -0.3 is 10.3 Å². The number of hydrogen-bond acceptors (Lipinski definition) is 3. The summed E-state index contributed by atoms with van der Waals surface area (Å²) < 4.78 is 1.87. The van der Waals surface area contributed by atoms with E-state index in [0.717, 1.165) is 5.69 Å². The first-order chi connectivity index (χ1) is 8.61. The second kappa shape index (κ2) is 5.20. The second-order valence-corrected chi connectivity index (χ2v) is 4.30. The molecule has 5 nitrogen and oxygen atoms in total. The number of nitro groups is 1. The van der Waals surface area contributed by atoms with Gasteiger partial charge in [0, 0.05) is 29.5 Å². The number of nitrogens with zero attached hydrogens (tertiary/aromatic N) is 2. The summed E-state index contributed by atoms with van der Waals surface area (Å²) in [7, 11) is 0. The van der Waals surface area contributed by atoms with Crippen molar-refractivity contribution in [3.8, 4) is 0 Å². The SMILES string of the molecule is NCc1cccn1Cc1cc(Cl)ccc1[N+](=O)[O-]. The zero-order valence-corrected chi connectivity index (χ0v) is 10.3. The van der Waals surface area contributed by atoms with E-state index in [-0.39, 0.29) is 5.69 Å². The lowest BCUT2D eigenvalue weighted by Gasteiger charge is -2.08. The normalized spacial score (nSPS) is 10.6. The maximum Gasteiger partial charge on any atom is 0.274 e. The van der Waals surface area contributed by atoms with E-state index in [1.165, 1.54) is 12.1 Å². The Hall–Kier alpha value is -1.85. The van der Waals surface area contributed by atoms with Gasteiger partial charge in [-0.2, -0.15) is 0 Å². The molecule has 18 heavy (non-hydrogen) atoms. The number of nitrogens with two attached hydrogens (primary N) is 1. The van der Waals surface area contributed by atoms with Crippen LogP contribution in [-0.2, 0) is 13.1 Å². The smallest absolute Gasteiger partial charge is 0.274 e. The Kier molecular flexibility index (Phi) is 3.64. The van der Waals surface area contributed by atoms with Gasteiger partial charge in [0.15, 0.2) is 0 Å². The van der Waals surface area contributed by atoms with E-state index >= 15 is 0 Å². The van der Waals surface area contributed by atoms with Crippen LogP contribution in [-0.4, -0.2) is 9.49 Å². The van der Waals surface area contributed by atoms with E-state index in [4.69, 9.17) is 17.3 Å². The Labute approximate surface area is 109 Å². The fraction of sp³-hybridized carbons (Fsp3) is 0.167. The molecule has 0 spiro atoms. The standard InChI is InChI=1S/C12H12ClN3O2/c13-10-3-4-12(16(17)18)9(6-10)8-15-5-1-2-11(15)7-14/h1-6H,7-8,14H2. The average molecular weight is 266 g/mol. The number of hydrogen-bond donors (Lipinski definition) is 1. The van der Waals surface area contributed by atoms with Gasteiger partial charge in [-0.05, 0) is 24.3 Å². The Balaban J connectivity index is 2.39. The van der Waals surface area contributed by atoms with Crippen molar-refractivity contribution in [3.63, 3.8) is 0 Å².